The predicted molar refractivity (Wildman–Crippen MR) is 115 cm³/mol. The van der Waals surface area contributed by atoms with Gasteiger partial charge >= 0.3 is 0 Å². The molecule has 31 heavy (non-hydrogen) atoms. The van der Waals surface area contributed by atoms with E-state index in [0.29, 0.717) is 11.3 Å². The number of rotatable bonds is 4. The molecule has 0 bridgehead atoms. The Hall–Kier alpha value is -3.26. The fraction of sp³-hybridized carbons (Fsp3) is 0.130. The molecule has 0 aromatic heterocycles. The molecule has 0 radical (unpaired) electrons. The van der Waals surface area contributed by atoms with Crippen molar-refractivity contribution in [1.29, 1.82) is 0 Å². The zero-order valence-electron chi connectivity index (χ0n) is 16.4. The van der Waals surface area contributed by atoms with Crippen LogP contribution in [0.4, 0.5) is 24.5 Å². The van der Waals surface area contributed by atoms with E-state index >= 15 is 0 Å². The Morgan fingerprint density at radius 1 is 1.00 bits per heavy atom. The average molecular weight is 442 g/mol. The number of carbonyl (C=O) groups excluding carboxylic acids is 2. The van der Waals surface area contributed by atoms with Crippen LogP contribution in [0.3, 0.4) is 0 Å². The van der Waals surface area contributed by atoms with Crippen LogP contribution >= 0.6 is 11.8 Å². The largest absolute Gasteiger partial charge is 0.319 e. The Morgan fingerprint density at radius 2 is 1.71 bits per heavy atom. The number of aryl methyl sites for hydroxylation is 1. The van der Waals surface area contributed by atoms with Gasteiger partial charge in [-0.05, 0) is 60.5 Å². The van der Waals surface area contributed by atoms with Crippen LogP contribution in [0.5, 0.6) is 0 Å². The smallest absolute Gasteiger partial charge is 0.255 e. The van der Waals surface area contributed by atoms with E-state index in [1.165, 1.54) is 30.0 Å². The molecule has 3 aromatic rings. The van der Waals surface area contributed by atoms with Gasteiger partial charge in [-0.25, -0.2) is 13.2 Å². The summed E-state index contributed by atoms with van der Waals surface area (Å²) in [4.78, 5) is 26.7. The lowest BCUT2D eigenvalue weighted by Crippen LogP contribution is -2.28. The minimum absolute atomic E-state index is 0.0959. The first-order chi connectivity index (χ1) is 14.8. The molecule has 0 aliphatic carbocycles. The normalized spacial score (nSPS) is 15.9. The van der Waals surface area contributed by atoms with Gasteiger partial charge in [-0.2, -0.15) is 0 Å². The van der Waals surface area contributed by atoms with Gasteiger partial charge in [0.2, 0.25) is 5.91 Å². The van der Waals surface area contributed by atoms with Crippen LogP contribution < -0.4 is 10.2 Å². The second-order valence-electron chi connectivity index (χ2n) is 7.06. The summed E-state index contributed by atoms with van der Waals surface area (Å²) in [5, 5.41) is 2.05. The zero-order chi connectivity index (χ0) is 22.1. The predicted octanol–water partition coefficient (Wildman–Crippen LogP) is 5.44. The highest BCUT2D eigenvalue weighted by molar-refractivity contribution is 8.00. The van der Waals surface area contributed by atoms with Crippen molar-refractivity contribution in [3.05, 3.63) is 94.8 Å². The van der Waals surface area contributed by atoms with Crippen molar-refractivity contribution in [3.8, 4) is 0 Å². The van der Waals surface area contributed by atoms with Crippen molar-refractivity contribution in [2.45, 2.75) is 12.3 Å². The summed E-state index contributed by atoms with van der Waals surface area (Å²) in [5.74, 6) is -2.18. The van der Waals surface area contributed by atoms with Crippen molar-refractivity contribution in [1.82, 2.24) is 0 Å². The summed E-state index contributed by atoms with van der Waals surface area (Å²) in [6, 6.07) is 13.5. The highest BCUT2D eigenvalue weighted by atomic mass is 32.2. The van der Waals surface area contributed by atoms with Gasteiger partial charge in [0.1, 0.15) is 22.8 Å². The first-order valence-electron chi connectivity index (χ1n) is 9.39. The van der Waals surface area contributed by atoms with E-state index < -0.39 is 17.5 Å². The first-order valence-corrected chi connectivity index (χ1v) is 10.4. The van der Waals surface area contributed by atoms with E-state index in [4.69, 9.17) is 0 Å². The van der Waals surface area contributed by atoms with E-state index in [9.17, 15) is 22.8 Å². The topological polar surface area (TPSA) is 49.4 Å². The van der Waals surface area contributed by atoms with Crippen LogP contribution in [-0.2, 0) is 4.79 Å². The molecule has 0 spiro atoms. The van der Waals surface area contributed by atoms with Crippen molar-refractivity contribution < 1.29 is 22.8 Å². The van der Waals surface area contributed by atoms with Crippen LogP contribution in [0.15, 0.2) is 60.7 Å². The first kappa shape index (κ1) is 21.0. The molecule has 4 rings (SSSR count). The molecule has 1 unspecified atom stereocenters. The van der Waals surface area contributed by atoms with E-state index in [2.05, 4.69) is 5.32 Å². The molecule has 1 aliphatic heterocycles. The number of carbonyl (C=O) groups is 2. The molecule has 4 nitrogen and oxygen atoms in total. The number of hydrogen-bond donors (Lipinski definition) is 1. The molecule has 158 valence electrons. The number of amides is 2. The number of nitrogens with zero attached hydrogens (tertiary/aromatic N) is 1. The van der Waals surface area contributed by atoms with Crippen molar-refractivity contribution in [2.75, 3.05) is 16.0 Å². The summed E-state index contributed by atoms with van der Waals surface area (Å²) in [7, 11) is 0. The third kappa shape index (κ3) is 4.29. The summed E-state index contributed by atoms with van der Waals surface area (Å²) in [6.45, 7) is 1.76. The molecule has 1 heterocycles. The molecule has 1 N–H and O–H groups in total. The van der Waals surface area contributed by atoms with Gasteiger partial charge in [0.05, 0.1) is 11.4 Å². The molecular formula is C23H17F3N2O2S. The Balaban J connectivity index is 1.60. The van der Waals surface area contributed by atoms with Crippen LogP contribution in [0.25, 0.3) is 0 Å². The van der Waals surface area contributed by atoms with Crippen molar-refractivity contribution in [3.63, 3.8) is 0 Å². The van der Waals surface area contributed by atoms with Gasteiger partial charge in [0, 0.05) is 17.3 Å². The Morgan fingerprint density at radius 3 is 2.42 bits per heavy atom. The molecular weight excluding hydrogens is 425 g/mol. The Kier molecular flexibility index (Phi) is 5.73. The zero-order valence-corrected chi connectivity index (χ0v) is 17.2. The SMILES string of the molecule is Cc1cc(C(=O)Nc2cc(F)ccc2F)ccc1N1C(=O)CSC1c1ccc(F)cc1. The monoisotopic (exact) mass is 442 g/mol. The summed E-state index contributed by atoms with van der Waals surface area (Å²) in [5.41, 5.74) is 2.06. The maximum atomic E-state index is 13.8. The number of hydrogen-bond acceptors (Lipinski definition) is 3. The van der Waals surface area contributed by atoms with Gasteiger partial charge < -0.3 is 5.32 Å². The summed E-state index contributed by atoms with van der Waals surface area (Å²) >= 11 is 1.43. The van der Waals surface area contributed by atoms with E-state index in [1.54, 1.807) is 36.1 Å². The van der Waals surface area contributed by atoms with Crippen molar-refractivity contribution in [2.24, 2.45) is 0 Å². The number of nitrogens with one attached hydrogen (secondary N) is 1. The second-order valence-corrected chi connectivity index (χ2v) is 8.13. The standard InChI is InChI=1S/C23H17F3N2O2S/c1-13-10-15(22(30)27-19-11-17(25)7-8-18(19)26)4-9-20(13)28-21(29)12-31-23(28)14-2-5-16(24)6-3-14/h2-11,23H,12H2,1H3,(H,27,30). The minimum atomic E-state index is -0.745. The lowest BCUT2D eigenvalue weighted by molar-refractivity contribution is -0.115. The third-order valence-electron chi connectivity index (χ3n) is 4.92. The van der Waals surface area contributed by atoms with Crippen LogP contribution in [-0.4, -0.2) is 17.6 Å². The highest BCUT2D eigenvalue weighted by Gasteiger charge is 2.35. The maximum absolute atomic E-state index is 13.8. The second kappa shape index (κ2) is 8.47. The number of anilines is 2. The fourth-order valence-corrected chi connectivity index (χ4v) is 4.58. The van der Waals surface area contributed by atoms with Gasteiger partial charge in [-0.1, -0.05) is 12.1 Å². The van der Waals surface area contributed by atoms with Crippen LogP contribution in [0, 0.1) is 24.4 Å². The van der Waals surface area contributed by atoms with E-state index in [0.717, 1.165) is 23.8 Å². The number of benzene rings is 3. The van der Waals surface area contributed by atoms with Gasteiger partial charge in [-0.3, -0.25) is 14.5 Å². The quantitative estimate of drug-likeness (QED) is 0.585. The molecule has 2 amide bonds. The minimum Gasteiger partial charge on any atom is -0.319 e. The maximum Gasteiger partial charge on any atom is 0.255 e. The van der Waals surface area contributed by atoms with E-state index in [-0.39, 0.29) is 34.1 Å². The highest BCUT2D eigenvalue weighted by Crippen LogP contribution is 2.42. The molecule has 1 fully saturated rings. The van der Waals surface area contributed by atoms with Gasteiger partial charge in [0.25, 0.3) is 5.91 Å². The molecule has 1 atom stereocenters. The molecule has 1 saturated heterocycles. The lowest BCUT2D eigenvalue weighted by Gasteiger charge is -2.26. The van der Waals surface area contributed by atoms with E-state index in [1.807, 2.05) is 0 Å². The Labute approximate surface area is 181 Å². The summed E-state index contributed by atoms with van der Waals surface area (Å²) in [6.07, 6.45) is 0. The molecule has 8 heteroatoms. The number of halogens is 3. The summed E-state index contributed by atoms with van der Waals surface area (Å²) < 4.78 is 40.4. The molecule has 1 aliphatic rings. The molecule has 0 saturated carbocycles. The average Bonchev–Trinajstić information content (AvgIpc) is 3.12. The van der Waals surface area contributed by atoms with Gasteiger partial charge in [-0.15, -0.1) is 11.8 Å². The Bertz CT molecular complexity index is 1170. The van der Waals surface area contributed by atoms with Crippen LogP contribution in [0.2, 0.25) is 0 Å². The fourth-order valence-electron chi connectivity index (χ4n) is 3.41. The lowest BCUT2D eigenvalue weighted by atomic mass is 10.1. The molecule has 3 aromatic carbocycles. The van der Waals surface area contributed by atoms with Gasteiger partial charge in [0.15, 0.2) is 0 Å². The number of thioether (sulfide) groups is 1. The third-order valence-corrected chi connectivity index (χ3v) is 6.13. The van der Waals surface area contributed by atoms with Crippen molar-refractivity contribution >= 4 is 35.0 Å². The van der Waals surface area contributed by atoms with Crippen LogP contribution in [0.1, 0.15) is 26.9 Å².